The summed E-state index contributed by atoms with van der Waals surface area (Å²) < 4.78 is 11.0. The molecule has 37 heavy (non-hydrogen) atoms. The van der Waals surface area contributed by atoms with E-state index in [-0.39, 0.29) is 12.5 Å². The maximum atomic E-state index is 13.9. The molecule has 0 spiro atoms. The van der Waals surface area contributed by atoms with Crippen LogP contribution in [0.4, 0.5) is 0 Å². The van der Waals surface area contributed by atoms with Crippen LogP contribution in [0.5, 0.6) is 11.5 Å². The molecule has 1 saturated carbocycles. The van der Waals surface area contributed by atoms with Crippen LogP contribution in [0.2, 0.25) is 0 Å². The van der Waals surface area contributed by atoms with E-state index < -0.39 is 35.7 Å². The lowest BCUT2D eigenvalue weighted by molar-refractivity contribution is -0.153. The van der Waals surface area contributed by atoms with E-state index in [1.165, 1.54) is 12.0 Å². The second kappa shape index (κ2) is 9.88. The summed E-state index contributed by atoms with van der Waals surface area (Å²) in [6, 6.07) is 9.70. The first-order valence-corrected chi connectivity index (χ1v) is 12.6. The molecule has 2 aromatic carbocycles. The number of carboxylic acids is 1. The summed E-state index contributed by atoms with van der Waals surface area (Å²) in [5, 5.41) is 9.81. The lowest BCUT2D eigenvalue weighted by Gasteiger charge is -2.42. The Morgan fingerprint density at radius 2 is 1.54 bits per heavy atom. The van der Waals surface area contributed by atoms with E-state index >= 15 is 0 Å². The van der Waals surface area contributed by atoms with Crippen LogP contribution in [0.15, 0.2) is 36.4 Å². The average molecular weight is 507 g/mol. The quantitative estimate of drug-likeness (QED) is 0.598. The van der Waals surface area contributed by atoms with E-state index in [0.717, 1.165) is 24.0 Å². The molecule has 9 heteroatoms. The normalized spacial score (nSPS) is 22.9. The zero-order chi connectivity index (χ0) is 26.3. The Kier molecular flexibility index (Phi) is 6.62. The van der Waals surface area contributed by atoms with E-state index in [1.807, 2.05) is 6.07 Å². The molecule has 1 N–H and O–H groups in total. The van der Waals surface area contributed by atoms with Gasteiger partial charge in [-0.2, -0.15) is 0 Å². The fraction of sp³-hybridized carbons (Fsp3) is 0.429. The number of benzene rings is 2. The lowest BCUT2D eigenvalue weighted by atomic mass is 9.77. The number of fused-ring (bicyclic) bond motifs is 2. The minimum atomic E-state index is -0.959. The molecule has 9 nitrogen and oxygen atoms in total. The number of imide groups is 1. The van der Waals surface area contributed by atoms with Crippen LogP contribution >= 0.6 is 0 Å². The molecule has 3 unspecified atom stereocenters. The van der Waals surface area contributed by atoms with Gasteiger partial charge in [0.05, 0.1) is 49.8 Å². The molecule has 2 heterocycles. The lowest BCUT2D eigenvalue weighted by Crippen LogP contribution is -2.50. The smallest absolute Gasteiger partial charge is 0.307 e. The molecule has 2 aromatic rings. The van der Waals surface area contributed by atoms with Crippen molar-refractivity contribution in [2.75, 3.05) is 27.3 Å². The Morgan fingerprint density at radius 1 is 0.946 bits per heavy atom. The van der Waals surface area contributed by atoms with Crippen LogP contribution in [-0.2, 0) is 16.0 Å². The highest BCUT2D eigenvalue weighted by Gasteiger charge is 2.44. The van der Waals surface area contributed by atoms with E-state index in [2.05, 4.69) is 0 Å². The predicted octanol–water partition coefficient (Wildman–Crippen LogP) is 3.32. The number of aliphatic carboxylic acids is 1. The molecule has 0 aromatic heterocycles. The maximum Gasteiger partial charge on any atom is 0.307 e. The number of carbonyl (C=O) groups is 4. The van der Waals surface area contributed by atoms with Gasteiger partial charge in [0.25, 0.3) is 11.8 Å². The van der Waals surface area contributed by atoms with Crippen LogP contribution in [0.1, 0.15) is 63.6 Å². The van der Waals surface area contributed by atoms with Gasteiger partial charge >= 0.3 is 5.97 Å². The van der Waals surface area contributed by atoms with Crippen molar-refractivity contribution in [3.05, 3.63) is 58.7 Å². The third-order valence-corrected chi connectivity index (χ3v) is 7.92. The summed E-state index contributed by atoms with van der Waals surface area (Å²) in [7, 11) is 3.07. The van der Waals surface area contributed by atoms with Gasteiger partial charge in [-0.25, -0.2) is 0 Å². The fourth-order valence-electron chi connectivity index (χ4n) is 6.00. The number of ether oxygens (including phenoxy) is 2. The van der Waals surface area contributed by atoms with Crippen molar-refractivity contribution in [3.8, 4) is 11.5 Å². The van der Waals surface area contributed by atoms with Crippen LogP contribution in [0.25, 0.3) is 0 Å². The van der Waals surface area contributed by atoms with Gasteiger partial charge in [0.1, 0.15) is 0 Å². The van der Waals surface area contributed by atoms with Gasteiger partial charge in [0.2, 0.25) is 5.91 Å². The van der Waals surface area contributed by atoms with Crippen molar-refractivity contribution in [2.45, 2.75) is 38.1 Å². The number of carbonyl (C=O) groups excluding carboxylic acids is 3. The highest BCUT2D eigenvalue weighted by Crippen LogP contribution is 2.41. The Hall–Kier alpha value is -3.88. The largest absolute Gasteiger partial charge is 0.493 e. The second-order valence-corrected chi connectivity index (χ2v) is 9.81. The SMILES string of the molecule is COc1cc2c(cc1OC)C(CN1C(=O)c3ccccc3C1=O)N(C(=O)C1CCCCC1C(=O)O)CC2. The molecule has 3 atom stereocenters. The molecule has 0 saturated heterocycles. The van der Waals surface area contributed by atoms with Crippen molar-refractivity contribution >= 4 is 23.7 Å². The summed E-state index contributed by atoms with van der Waals surface area (Å²) in [6.07, 6.45) is 3.07. The molecule has 1 fully saturated rings. The summed E-state index contributed by atoms with van der Waals surface area (Å²) in [6.45, 7) is 0.309. The first kappa shape index (κ1) is 24.8. The van der Waals surface area contributed by atoms with Gasteiger partial charge in [-0.15, -0.1) is 0 Å². The molecule has 0 radical (unpaired) electrons. The van der Waals surface area contributed by atoms with Crippen molar-refractivity contribution in [1.82, 2.24) is 9.80 Å². The zero-order valence-corrected chi connectivity index (χ0v) is 20.9. The highest BCUT2D eigenvalue weighted by molar-refractivity contribution is 6.21. The Bertz CT molecular complexity index is 1240. The number of hydrogen-bond donors (Lipinski definition) is 1. The average Bonchev–Trinajstić information content (AvgIpc) is 3.16. The van der Waals surface area contributed by atoms with Crippen LogP contribution < -0.4 is 9.47 Å². The van der Waals surface area contributed by atoms with E-state index in [1.54, 1.807) is 42.3 Å². The van der Waals surface area contributed by atoms with Crippen molar-refractivity contribution in [1.29, 1.82) is 0 Å². The summed E-state index contributed by atoms with van der Waals surface area (Å²) in [5.41, 5.74) is 2.37. The number of amides is 3. The molecule has 1 aliphatic carbocycles. The molecule has 3 amide bonds. The maximum absolute atomic E-state index is 13.9. The van der Waals surface area contributed by atoms with E-state index in [9.17, 15) is 24.3 Å². The Morgan fingerprint density at radius 3 is 2.14 bits per heavy atom. The van der Waals surface area contributed by atoms with E-state index in [0.29, 0.717) is 48.4 Å². The first-order valence-electron chi connectivity index (χ1n) is 12.6. The monoisotopic (exact) mass is 506 g/mol. The van der Waals surface area contributed by atoms with Crippen LogP contribution in [-0.4, -0.2) is 65.9 Å². The van der Waals surface area contributed by atoms with Gasteiger partial charge < -0.3 is 19.5 Å². The molecule has 0 bridgehead atoms. The number of methoxy groups -OCH3 is 2. The molecular formula is C28H30N2O7. The van der Waals surface area contributed by atoms with E-state index in [4.69, 9.17) is 9.47 Å². The summed E-state index contributed by atoms with van der Waals surface area (Å²) in [5.74, 6) is -2.36. The van der Waals surface area contributed by atoms with Gasteiger partial charge in [-0.05, 0) is 54.7 Å². The van der Waals surface area contributed by atoms with Crippen molar-refractivity contribution in [2.24, 2.45) is 11.8 Å². The molecule has 194 valence electrons. The standard InChI is InChI=1S/C28H30N2O7/c1-36-23-13-16-11-12-29(25(31)19-9-5-6-10-20(19)28(34)35)22(21(16)14-24(23)37-2)15-30-26(32)17-7-3-4-8-18(17)27(30)33/h3-4,7-8,13-14,19-20,22H,5-6,9-12,15H2,1-2H3,(H,34,35). The van der Waals surface area contributed by atoms with Gasteiger partial charge in [-0.3, -0.25) is 24.1 Å². The topological polar surface area (TPSA) is 113 Å². The predicted molar refractivity (Wildman–Crippen MR) is 133 cm³/mol. The minimum Gasteiger partial charge on any atom is -0.493 e. The number of carboxylic acid groups (broad SMARTS) is 1. The fourth-order valence-corrected chi connectivity index (χ4v) is 6.00. The zero-order valence-electron chi connectivity index (χ0n) is 20.9. The van der Waals surface area contributed by atoms with Gasteiger partial charge in [0, 0.05) is 6.54 Å². The number of hydrogen-bond acceptors (Lipinski definition) is 6. The van der Waals surface area contributed by atoms with Crippen LogP contribution in [0.3, 0.4) is 0 Å². The molecule has 5 rings (SSSR count). The summed E-state index contributed by atoms with van der Waals surface area (Å²) >= 11 is 0. The molecule has 2 aliphatic heterocycles. The first-order chi connectivity index (χ1) is 17.8. The minimum absolute atomic E-state index is 0.0367. The number of nitrogens with zero attached hydrogens (tertiary/aromatic N) is 2. The third-order valence-electron chi connectivity index (χ3n) is 7.92. The Balaban J connectivity index is 1.55. The highest BCUT2D eigenvalue weighted by atomic mass is 16.5. The van der Waals surface area contributed by atoms with Gasteiger partial charge in [0.15, 0.2) is 11.5 Å². The van der Waals surface area contributed by atoms with Gasteiger partial charge in [-0.1, -0.05) is 25.0 Å². The van der Waals surface area contributed by atoms with Crippen molar-refractivity contribution < 1.29 is 33.8 Å². The van der Waals surface area contributed by atoms with Crippen LogP contribution in [0, 0.1) is 11.8 Å². The number of rotatable bonds is 6. The third kappa shape index (κ3) is 4.22. The second-order valence-electron chi connectivity index (χ2n) is 9.81. The molecule has 3 aliphatic rings. The van der Waals surface area contributed by atoms with Crippen molar-refractivity contribution in [3.63, 3.8) is 0 Å². The summed E-state index contributed by atoms with van der Waals surface area (Å²) in [4.78, 5) is 55.2. The Labute approximate surface area is 214 Å². The molecular weight excluding hydrogens is 476 g/mol.